The molecular formula is C12H15N3O2. The number of anilines is 1. The Bertz CT molecular complexity index is 432. The molecule has 1 aliphatic heterocycles. The topological polar surface area (TPSA) is 54.5 Å². The first-order valence-corrected chi connectivity index (χ1v) is 5.98. The van der Waals surface area contributed by atoms with Gasteiger partial charge >= 0.3 is 6.03 Å². The summed E-state index contributed by atoms with van der Waals surface area (Å²) in [5.41, 5.74) is 0. The quantitative estimate of drug-likeness (QED) is 0.840. The van der Waals surface area contributed by atoms with Gasteiger partial charge in [0.05, 0.1) is 6.54 Å². The van der Waals surface area contributed by atoms with E-state index in [0.29, 0.717) is 30.6 Å². The van der Waals surface area contributed by atoms with Gasteiger partial charge in [-0.2, -0.15) is 0 Å². The molecule has 0 unspecified atom stereocenters. The average Bonchev–Trinajstić information content (AvgIpc) is 3.19. The van der Waals surface area contributed by atoms with Crippen LogP contribution >= 0.6 is 0 Å². The van der Waals surface area contributed by atoms with E-state index < -0.39 is 0 Å². The summed E-state index contributed by atoms with van der Waals surface area (Å²) in [5.74, 6) is 1.98. The molecule has 5 heteroatoms. The van der Waals surface area contributed by atoms with Crippen molar-refractivity contribution < 1.29 is 9.53 Å². The smallest absolute Gasteiger partial charge is 0.323 e. The van der Waals surface area contributed by atoms with E-state index in [1.165, 1.54) is 12.8 Å². The van der Waals surface area contributed by atoms with Crippen LogP contribution in [-0.4, -0.2) is 30.7 Å². The predicted octanol–water partition coefficient (Wildman–Crippen LogP) is 1.40. The van der Waals surface area contributed by atoms with Crippen LogP contribution in [0.15, 0.2) is 18.3 Å². The number of ether oxygens (including phenoxy) is 1. The number of carbonyl (C=O) groups excluding carboxylic acids is 1. The van der Waals surface area contributed by atoms with Crippen LogP contribution < -0.4 is 15.0 Å². The summed E-state index contributed by atoms with van der Waals surface area (Å²) in [6, 6.07) is 3.58. The van der Waals surface area contributed by atoms with E-state index in [4.69, 9.17) is 4.74 Å². The second-order valence-corrected chi connectivity index (χ2v) is 4.45. The Morgan fingerprint density at radius 2 is 2.47 bits per heavy atom. The monoisotopic (exact) mass is 233 g/mol. The fourth-order valence-corrected chi connectivity index (χ4v) is 1.90. The lowest BCUT2D eigenvalue weighted by molar-refractivity contribution is 0.239. The molecule has 0 aromatic carbocycles. The van der Waals surface area contributed by atoms with Crippen LogP contribution in [-0.2, 0) is 0 Å². The lowest BCUT2D eigenvalue weighted by atomic mass is 10.3. The van der Waals surface area contributed by atoms with Crippen LogP contribution in [0.25, 0.3) is 0 Å². The molecule has 0 bridgehead atoms. The molecule has 3 rings (SSSR count). The Labute approximate surface area is 99.8 Å². The molecule has 1 aromatic heterocycles. The molecule has 1 aliphatic carbocycles. The Hall–Kier alpha value is -1.78. The molecule has 1 aromatic rings. The normalized spacial score (nSPS) is 18.2. The molecule has 1 saturated carbocycles. The number of fused-ring (bicyclic) bond motifs is 1. The van der Waals surface area contributed by atoms with E-state index in [0.717, 1.165) is 6.54 Å². The third-order valence-corrected chi connectivity index (χ3v) is 3.06. The number of pyridine rings is 1. The summed E-state index contributed by atoms with van der Waals surface area (Å²) >= 11 is 0. The summed E-state index contributed by atoms with van der Waals surface area (Å²) in [6.07, 6.45) is 4.14. The number of hydrogen-bond donors (Lipinski definition) is 1. The summed E-state index contributed by atoms with van der Waals surface area (Å²) < 4.78 is 5.46. The Morgan fingerprint density at radius 3 is 3.29 bits per heavy atom. The van der Waals surface area contributed by atoms with Gasteiger partial charge in [-0.1, -0.05) is 0 Å². The standard InChI is InChI=1S/C12H15N3O2/c16-12(14-8-9-3-4-9)15-6-7-17-10-2-1-5-13-11(10)15/h1-2,5,9H,3-4,6-8H2,(H,14,16). The molecule has 2 amide bonds. The first-order valence-electron chi connectivity index (χ1n) is 5.98. The highest BCUT2D eigenvalue weighted by atomic mass is 16.5. The molecule has 90 valence electrons. The van der Waals surface area contributed by atoms with Gasteiger partial charge < -0.3 is 10.1 Å². The molecule has 2 aliphatic rings. The van der Waals surface area contributed by atoms with Crippen molar-refractivity contribution in [3.63, 3.8) is 0 Å². The number of hydrogen-bond acceptors (Lipinski definition) is 3. The average molecular weight is 233 g/mol. The van der Waals surface area contributed by atoms with E-state index in [-0.39, 0.29) is 6.03 Å². The predicted molar refractivity (Wildman–Crippen MR) is 63.2 cm³/mol. The highest BCUT2D eigenvalue weighted by Gasteiger charge is 2.27. The zero-order valence-electron chi connectivity index (χ0n) is 9.56. The van der Waals surface area contributed by atoms with Crippen molar-refractivity contribution >= 4 is 11.8 Å². The van der Waals surface area contributed by atoms with E-state index in [2.05, 4.69) is 10.3 Å². The Morgan fingerprint density at radius 1 is 1.59 bits per heavy atom. The highest BCUT2D eigenvalue weighted by molar-refractivity contribution is 5.92. The van der Waals surface area contributed by atoms with Crippen molar-refractivity contribution in [1.82, 2.24) is 10.3 Å². The highest BCUT2D eigenvalue weighted by Crippen LogP contribution is 2.29. The molecule has 1 N–H and O–H groups in total. The van der Waals surface area contributed by atoms with Gasteiger partial charge in [0.15, 0.2) is 11.6 Å². The van der Waals surface area contributed by atoms with Gasteiger partial charge in [0, 0.05) is 12.7 Å². The van der Waals surface area contributed by atoms with Gasteiger partial charge in [0.25, 0.3) is 0 Å². The van der Waals surface area contributed by atoms with Crippen LogP contribution in [0.3, 0.4) is 0 Å². The third kappa shape index (κ3) is 2.18. The minimum absolute atomic E-state index is 0.0693. The van der Waals surface area contributed by atoms with Crippen LogP contribution in [0.2, 0.25) is 0 Å². The van der Waals surface area contributed by atoms with E-state index in [1.54, 1.807) is 11.1 Å². The minimum atomic E-state index is -0.0693. The maximum absolute atomic E-state index is 12.0. The number of nitrogens with one attached hydrogen (secondary N) is 1. The number of amides is 2. The maximum atomic E-state index is 12.0. The lowest BCUT2D eigenvalue weighted by Crippen LogP contribution is -2.45. The maximum Gasteiger partial charge on any atom is 0.323 e. The molecule has 0 atom stereocenters. The molecular weight excluding hydrogens is 218 g/mol. The number of nitrogens with zero attached hydrogens (tertiary/aromatic N) is 2. The summed E-state index contributed by atoms with van der Waals surface area (Å²) in [7, 11) is 0. The first kappa shape index (κ1) is 10.4. The Kier molecular flexibility index (Phi) is 2.59. The molecule has 0 saturated heterocycles. The van der Waals surface area contributed by atoms with Crippen LogP contribution in [0.5, 0.6) is 5.75 Å². The van der Waals surface area contributed by atoms with Gasteiger partial charge in [0.2, 0.25) is 0 Å². The van der Waals surface area contributed by atoms with Crippen molar-refractivity contribution in [2.75, 3.05) is 24.6 Å². The fraction of sp³-hybridized carbons (Fsp3) is 0.500. The van der Waals surface area contributed by atoms with Crippen molar-refractivity contribution in [2.45, 2.75) is 12.8 Å². The largest absolute Gasteiger partial charge is 0.488 e. The van der Waals surface area contributed by atoms with Crippen LogP contribution in [0, 0.1) is 5.92 Å². The zero-order chi connectivity index (χ0) is 11.7. The second-order valence-electron chi connectivity index (χ2n) is 4.45. The minimum Gasteiger partial charge on any atom is -0.488 e. The number of carbonyl (C=O) groups is 1. The van der Waals surface area contributed by atoms with Gasteiger partial charge in [-0.25, -0.2) is 9.78 Å². The number of urea groups is 1. The number of rotatable bonds is 2. The van der Waals surface area contributed by atoms with E-state index >= 15 is 0 Å². The van der Waals surface area contributed by atoms with Crippen molar-refractivity contribution in [3.8, 4) is 5.75 Å². The Balaban J connectivity index is 1.72. The van der Waals surface area contributed by atoms with Gasteiger partial charge in [-0.05, 0) is 30.9 Å². The fourth-order valence-electron chi connectivity index (χ4n) is 1.90. The molecule has 1 fully saturated rings. The SMILES string of the molecule is O=C(NCC1CC1)N1CCOc2cccnc21. The molecule has 0 radical (unpaired) electrons. The molecule has 17 heavy (non-hydrogen) atoms. The number of aromatic nitrogens is 1. The summed E-state index contributed by atoms with van der Waals surface area (Å²) in [6.45, 7) is 1.86. The first-order chi connectivity index (χ1) is 8.34. The zero-order valence-corrected chi connectivity index (χ0v) is 9.56. The van der Waals surface area contributed by atoms with Crippen LogP contribution in [0.1, 0.15) is 12.8 Å². The molecule has 5 nitrogen and oxygen atoms in total. The van der Waals surface area contributed by atoms with Crippen molar-refractivity contribution in [1.29, 1.82) is 0 Å². The summed E-state index contributed by atoms with van der Waals surface area (Å²) in [4.78, 5) is 17.9. The van der Waals surface area contributed by atoms with Crippen molar-refractivity contribution in [2.24, 2.45) is 5.92 Å². The molecule has 2 heterocycles. The van der Waals surface area contributed by atoms with Gasteiger partial charge in [0.1, 0.15) is 6.61 Å². The van der Waals surface area contributed by atoms with Crippen LogP contribution in [0.4, 0.5) is 10.6 Å². The second kappa shape index (κ2) is 4.24. The van der Waals surface area contributed by atoms with E-state index in [9.17, 15) is 4.79 Å². The lowest BCUT2D eigenvalue weighted by Gasteiger charge is -2.28. The van der Waals surface area contributed by atoms with E-state index in [1.807, 2.05) is 12.1 Å². The third-order valence-electron chi connectivity index (χ3n) is 3.06. The summed E-state index contributed by atoms with van der Waals surface area (Å²) in [5, 5.41) is 2.95. The van der Waals surface area contributed by atoms with Gasteiger partial charge in [-0.3, -0.25) is 4.90 Å². The van der Waals surface area contributed by atoms with Crippen molar-refractivity contribution in [3.05, 3.63) is 18.3 Å². The molecule has 0 spiro atoms. The van der Waals surface area contributed by atoms with Gasteiger partial charge in [-0.15, -0.1) is 0 Å².